The SMILES string of the molecule is Cc1ccc(-c2cccc(-c3c(C#N)ccc4c3oc3c(-c5cccc[n+]5C)c(C)ccc34)c2)cc1. The first kappa shape index (κ1) is 21.8. The molecule has 0 fully saturated rings. The Labute approximate surface area is 210 Å². The van der Waals surface area contributed by atoms with Crippen molar-refractivity contribution >= 4 is 21.9 Å². The second-order valence-electron chi connectivity index (χ2n) is 9.36. The van der Waals surface area contributed by atoms with Gasteiger partial charge in [0.1, 0.15) is 18.2 Å². The first-order valence-corrected chi connectivity index (χ1v) is 12.1. The molecule has 172 valence electrons. The Hall–Kier alpha value is -4.68. The zero-order valence-corrected chi connectivity index (χ0v) is 20.5. The molecular weight excluding hydrogens is 440 g/mol. The van der Waals surface area contributed by atoms with Gasteiger partial charge in [0.2, 0.25) is 5.69 Å². The summed E-state index contributed by atoms with van der Waals surface area (Å²) < 4.78 is 8.81. The van der Waals surface area contributed by atoms with E-state index in [0.717, 1.165) is 61.0 Å². The van der Waals surface area contributed by atoms with Gasteiger partial charge in [0.15, 0.2) is 6.20 Å². The van der Waals surface area contributed by atoms with Gasteiger partial charge in [0.25, 0.3) is 0 Å². The number of furan rings is 1. The normalized spacial score (nSPS) is 11.2. The molecule has 3 heteroatoms. The summed E-state index contributed by atoms with van der Waals surface area (Å²) >= 11 is 0. The number of nitriles is 1. The zero-order valence-electron chi connectivity index (χ0n) is 20.5. The molecule has 3 nitrogen and oxygen atoms in total. The molecule has 4 aromatic carbocycles. The minimum absolute atomic E-state index is 0.603. The molecule has 0 radical (unpaired) electrons. The van der Waals surface area contributed by atoms with Crippen molar-refractivity contribution in [1.82, 2.24) is 0 Å². The highest BCUT2D eigenvalue weighted by molar-refractivity contribution is 6.14. The highest BCUT2D eigenvalue weighted by Gasteiger charge is 2.23. The van der Waals surface area contributed by atoms with Crippen LogP contribution >= 0.6 is 0 Å². The minimum Gasteiger partial charge on any atom is -0.454 e. The number of hydrogen-bond donors (Lipinski definition) is 0. The molecule has 0 aliphatic rings. The van der Waals surface area contributed by atoms with Crippen LogP contribution in [0.5, 0.6) is 0 Å². The standard InChI is InChI=1S/C33H25N2O/c1-21-10-13-23(14-11-21)24-7-6-8-25(19-24)31-26(20-34)15-17-28-27-16-12-22(2)30(32(27)36-33(28)31)29-9-4-5-18-35(29)3/h4-19H,1-3H3/q+1. The van der Waals surface area contributed by atoms with Gasteiger partial charge in [-0.2, -0.15) is 5.26 Å². The number of aryl methyl sites for hydroxylation is 3. The maximum absolute atomic E-state index is 10.0. The van der Waals surface area contributed by atoms with E-state index < -0.39 is 0 Å². The van der Waals surface area contributed by atoms with Crippen LogP contribution in [0.4, 0.5) is 0 Å². The molecule has 0 atom stereocenters. The smallest absolute Gasteiger partial charge is 0.216 e. The van der Waals surface area contributed by atoms with Crippen molar-refractivity contribution in [2.24, 2.45) is 7.05 Å². The number of rotatable bonds is 3. The Morgan fingerprint density at radius 1 is 0.694 bits per heavy atom. The van der Waals surface area contributed by atoms with Crippen LogP contribution in [-0.2, 0) is 7.05 Å². The summed E-state index contributed by atoms with van der Waals surface area (Å²) in [7, 11) is 2.05. The quantitative estimate of drug-likeness (QED) is 0.249. The molecule has 6 rings (SSSR count). The molecule has 2 heterocycles. The summed E-state index contributed by atoms with van der Waals surface area (Å²) in [5.41, 5.74) is 10.8. The van der Waals surface area contributed by atoms with Gasteiger partial charge in [-0.25, -0.2) is 4.57 Å². The molecule has 0 unspecified atom stereocenters. The molecule has 0 N–H and O–H groups in total. The number of benzene rings is 4. The van der Waals surface area contributed by atoms with E-state index in [1.54, 1.807) is 0 Å². The van der Waals surface area contributed by atoms with Gasteiger partial charge in [-0.1, -0.05) is 60.2 Å². The van der Waals surface area contributed by atoms with E-state index >= 15 is 0 Å². The van der Waals surface area contributed by atoms with Gasteiger partial charge in [-0.3, -0.25) is 0 Å². The van der Waals surface area contributed by atoms with Crippen LogP contribution in [0, 0.1) is 25.2 Å². The molecule has 0 amide bonds. The molecule has 0 spiro atoms. The third kappa shape index (κ3) is 3.47. The van der Waals surface area contributed by atoms with Crippen molar-refractivity contribution < 1.29 is 8.98 Å². The Morgan fingerprint density at radius 2 is 1.42 bits per heavy atom. The van der Waals surface area contributed by atoms with E-state index in [1.807, 2.05) is 43.6 Å². The molecule has 36 heavy (non-hydrogen) atoms. The number of nitrogens with zero attached hydrogens (tertiary/aromatic N) is 2. The zero-order chi connectivity index (χ0) is 24.8. The van der Waals surface area contributed by atoms with Crippen molar-refractivity contribution in [3.63, 3.8) is 0 Å². The lowest BCUT2D eigenvalue weighted by Crippen LogP contribution is -2.30. The Morgan fingerprint density at radius 3 is 2.17 bits per heavy atom. The minimum atomic E-state index is 0.603. The topological polar surface area (TPSA) is 40.8 Å². The highest BCUT2D eigenvalue weighted by Crippen LogP contribution is 2.42. The number of hydrogen-bond acceptors (Lipinski definition) is 2. The fraction of sp³-hybridized carbons (Fsp3) is 0.0909. The lowest BCUT2D eigenvalue weighted by atomic mass is 9.94. The maximum Gasteiger partial charge on any atom is 0.216 e. The average Bonchev–Trinajstić information content (AvgIpc) is 3.27. The fourth-order valence-electron chi connectivity index (χ4n) is 5.08. The van der Waals surface area contributed by atoms with Crippen molar-refractivity contribution in [2.45, 2.75) is 13.8 Å². The van der Waals surface area contributed by atoms with Crippen LogP contribution in [0.15, 0.2) is 102 Å². The predicted octanol–water partition coefficient (Wildman–Crippen LogP) is 7.90. The van der Waals surface area contributed by atoms with E-state index in [9.17, 15) is 5.26 Å². The highest BCUT2D eigenvalue weighted by atomic mass is 16.3. The third-order valence-corrected chi connectivity index (χ3v) is 6.99. The molecule has 6 aromatic rings. The van der Waals surface area contributed by atoms with Crippen LogP contribution in [0.2, 0.25) is 0 Å². The van der Waals surface area contributed by atoms with Gasteiger partial charge in [-0.05, 0) is 60.4 Å². The fourth-order valence-corrected chi connectivity index (χ4v) is 5.08. The predicted molar refractivity (Wildman–Crippen MR) is 145 cm³/mol. The Kier molecular flexibility index (Phi) is 5.16. The molecule has 0 saturated heterocycles. The lowest BCUT2D eigenvalue weighted by molar-refractivity contribution is -0.660. The molecule has 0 aliphatic carbocycles. The van der Waals surface area contributed by atoms with Crippen molar-refractivity contribution in [2.75, 3.05) is 0 Å². The third-order valence-electron chi connectivity index (χ3n) is 6.99. The van der Waals surface area contributed by atoms with E-state index in [-0.39, 0.29) is 0 Å². The summed E-state index contributed by atoms with van der Waals surface area (Å²) in [5, 5.41) is 12.1. The van der Waals surface area contributed by atoms with Crippen LogP contribution < -0.4 is 4.57 Å². The van der Waals surface area contributed by atoms with E-state index in [0.29, 0.717) is 5.56 Å². The van der Waals surface area contributed by atoms with Crippen molar-refractivity contribution in [3.8, 4) is 39.6 Å². The van der Waals surface area contributed by atoms with E-state index in [1.165, 1.54) is 5.56 Å². The average molecular weight is 466 g/mol. The molecular formula is C33H25N2O+. The van der Waals surface area contributed by atoms with Gasteiger partial charge < -0.3 is 4.42 Å². The largest absolute Gasteiger partial charge is 0.454 e. The van der Waals surface area contributed by atoms with Crippen LogP contribution in [-0.4, -0.2) is 0 Å². The van der Waals surface area contributed by atoms with Gasteiger partial charge >= 0.3 is 0 Å². The molecule has 0 aliphatic heterocycles. The molecule has 2 aromatic heterocycles. The number of aromatic nitrogens is 1. The summed E-state index contributed by atoms with van der Waals surface area (Å²) in [6, 6.07) is 33.7. The molecule has 0 bridgehead atoms. The van der Waals surface area contributed by atoms with Crippen LogP contribution in [0.25, 0.3) is 55.4 Å². The van der Waals surface area contributed by atoms with Crippen molar-refractivity contribution in [3.05, 3.63) is 114 Å². The summed E-state index contributed by atoms with van der Waals surface area (Å²) in [6.45, 7) is 4.20. The second kappa shape index (κ2) is 8.52. The van der Waals surface area contributed by atoms with E-state index in [4.69, 9.17) is 4.42 Å². The summed E-state index contributed by atoms with van der Waals surface area (Å²) in [5.74, 6) is 0. The molecule has 0 saturated carbocycles. The Bertz CT molecular complexity index is 1820. The lowest BCUT2D eigenvalue weighted by Gasteiger charge is -2.09. The van der Waals surface area contributed by atoms with Gasteiger partial charge in [0, 0.05) is 28.5 Å². The van der Waals surface area contributed by atoms with E-state index in [2.05, 4.69) is 85.1 Å². The van der Waals surface area contributed by atoms with Gasteiger partial charge in [-0.15, -0.1) is 0 Å². The summed E-state index contributed by atoms with van der Waals surface area (Å²) in [4.78, 5) is 0. The first-order valence-electron chi connectivity index (χ1n) is 12.1. The van der Waals surface area contributed by atoms with Crippen LogP contribution in [0.3, 0.4) is 0 Å². The number of fused-ring (bicyclic) bond motifs is 3. The van der Waals surface area contributed by atoms with Crippen LogP contribution in [0.1, 0.15) is 16.7 Å². The summed E-state index contributed by atoms with van der Waals surface area (Å²) in [6.07, 6.45) is 2.05. The number of pyridine rings is 1. The monoisotopic (exact) mass is 465 g/mol. The van der Waals surface area contributed by atoms with Gasteiger partial charge in [0.05, 0.1) is 17.2 Å². The first-order chi connectivity index (χ1) is 17.5. The maximum atomic E-state index is 10.0. The second-order valence-corrected chi connectivity index (χ2v) is 9.36. The Balaban J connectivity index is 1.65. The van der Waals surface area contributed by atoms with Crippen molar-refractivity contribution in [1.29, 1.82) is 5.26 Å².